The first-order valence-corrected chi connectivity index (χ1v) is 12.9. The number of rotatable bonds is 7. The Morgan fingerprint density at radius 3 is 2.31 bits per heavy atom. The lowest BCUT2D eigenvalue weighted by atomic mass is 9.97. The Morgan fingerprint density at radius 1 is 0.938 bits per heavy atom. The van der Waals surface area contributed by atoms with Crippen molar-refractivity contribution in [3.63, 3.8) is 0 Å². The van der Waals surface area contributed by atoms with Gasteiger partial charge in [0.15, 0.2) is 0 Å². The Kier molecular flexibility index (Phi) is 7.40. The molecule has 2 heterocycles. The second-order valence-electron chi connectivity index (χ2n) is 8.56. The third-order valence-electron chi connectivity index (χ3n) is 6.28. The van der Waals surface area contributed by atoms with Crippen molar-refractivity contribution < 1.29 is 13.2 Å². The fourth-order valence-corrected chi connectivity index (χ4v) is 5.60. The van der Waals surface area contributed by atoms with Gasteiger partial charge in [-0.05, 0) is 62.0 Å². The first-order chi connectivity index (χ1) is 15.5. The molecule has 0 unspecified atom stereocenters. The molecule has 2 fully saturated rings. The number of carbonyl (C=O) groups excluding carboxylic acids is 1. The Bertz CT molecular complexity index is 1040. The molecule has 6 nitrogen and oxygen atoms in total. The molecule has 4 rings (SSSR count). The van der Waals surface area contributed by atoms with Gasteiger partial charge >= 0.3 is 0 Å². The summed E-state index contributed by atoms with van der Waals surface area (Å²) in [4.78, 5) is 15.3. The Hall–Kier alpha value is -2.48. The summed E-state index contributed by atoms with van der Waals surface area (Å²) >= 11 is 0. The van der Waals surface area contributed by atoms with Crippen LogP contribution in [0.5, 0.6) is 0 Å². The van der Waals surface area contributed by atoms with Crippen molar-refractivity contribution in [3.8, 4) is 0 Å². The van der Waals surface area contributed by atoms with Gasteiger partial charge in [0.1, 0.15) is 0 Å². The number of benzene rings is 2. The van der Waals surface area contributed by atoms with E-state index in [-0.39, 0.29) is 11.8 Å². The van der Waals surface area contributed by atoms with Gasteiger partial charge in [0.2, 0.25) is 15.9 Å². The van der Waals surface area contributed by atoms with E-state index in [1.165, 1.54) is 22.6 Å². The minimum Gasteiger partial charge on any atom is -0.326 e. The molecule has 0 atom stereocenters. The number of likely N-dealkylation sites (tertiary alicyclic amines) is 1. The van der Waals surface area contributed by atoms with Crippen molar-refractivity contribution in [2.45, 2.75) is 32.2 Å². The van der Waals surface area contributed by atoms with Gasteiger partial charge in [0, 0.05) is 36.6 Å². The maximum atomic E-state index is 12.9. The monoisotopic (exact) mass is 453 g/mol. The van der Waals surface area contributed by atoms with Crippen LogP contribution < -0.4 is 5.32 Å². The van der Waals surface area contributed by atoms with Gasteiger partial charge in [-0.15, -0.1) is 0 Å². The molecule has 170 valence electrons. The van der Waals surface area contributed by atoms with Crippen LogP contribution in [-0.4, -0.2) is 49.7 Å². The van der Waals surface area contributed by atoms with Gasteiger partial charge in [-0.3, -0.25) is 9.69 Å². The number of nitrogens with zero attached hydrogens (tertiary/aromatic N) is 2. The van der Waals surface area contributed by atoms with Crippen molar-refractivity contribution in [3.05, 3.63) is 71.1 Å². The van der Waals surface area contributed by atoms with Crippen LogP contribution in [0.2, 0.25) is 0 Å². The van der Waals surface area contributed by atoms with Gasteiger partial charge in [0.05, 0.1) is 0 Å². The normalized spacial score (nSPS) is 18.9. The quantitative estimate of drug-likeness (QED) is 0.690. The lowest BCUT2D eigenvalue weighted by molar-refractivity contribution is -0.120. The fourth-order valence-electron chi connectivity index (χ4n) is 4.38. The van der Waals surface area contributed by atoms with E-state index in [0.717, 1.165) is 36.4 Å². The number of para-hydroxylation sites is 1. The average molecular weight is 454 g/mol. The summed E-state index contributed by atoms with van der Waals surface area (Å²) in [6.45, 7) is 3.77. The van der Waals surface area contributed by atoms with E-state index in [4.69, 9.17) is 0 Å². The SMILES string of the molecule is O=C(Nc1ccccc1CN1CCCC1)C1CCN(S(=O)(=O)/C=C/c2ccccc2)CC1. The zero-order valence-corrected chi connectivity index (χ0v) is 19.1. The highest BCUT2D eigenvalue weighted by atomic mass is 32.2. The molecule has 2 aromatic rings. The summed E-state index contributed by atoms with van der Waals surface area (Å²) in [6, 6.07) is 17.4. The molecule has 32 heavy (non-hydrogen) atoms. The number of nitrogens with one attached hydrogen (secondary N) is 1. The lowest BCUT2D eigenvalue weighted by Gasteiger charge is -2.30. The number of hydrogen-bond acceptors (Lipinski definition) is 4. The van der Waals surface area contributed by atoms with E-state index in [2.05, 4.69) is 16.3 Å². The van der Waals surface area contributed by atoms with Gasteiger partial charge in [-0.25, -0.2) is 8.42 Å². The van der Waals surface area contributed by atoms with Gasteiger partial charge in [0.25, 0.3) is 0 Å². The molecule has 2 aliphatic rings. The van der Waals surface area contributed by atoms with E-state index >= 15 is 0 Å². The maximum Gasteiger partial charge on any atom is 0.236 e. The highest BCUT2D eigenvalue weighted by molar-refractivity contribution is 7.92. The zero-order valence-electron chi connectivity index (χ0n) is 18.3. The van der Waals surface area contributed by atoms with Crippen LogP contribution >= 0.6 is 0 Å². The van der Waals surface area contributed by atoms with E-state index in [1.807, 2.05) is 48.5 Å². The number of sulfonamides is 1. The molecule has 2 aromatic carbocycles. The molecule has 0 aliphatic carbocycles. The minimum absolute atomic E-state index is 0.0178. The van der Waals surface area contributed by atoms with Crippen molar-refractivity contribution in [2.24, 2.45) is 5.92 Å². The average Bonchev–Trinajstić information content (AvgIpc) is 3.33. The van der Waals surface area contributed by atoms with Crippen molar-refractivity contribution >= 4 is 27.7 Å². The van der Waals surface area contributed by atoms with Gasteiger partial charge in [-0.1, -0.05) is 48.5 Å². The molecule has 2 saturated heterocycles. The predicted octanol–water partition coefficient (Wildman–Crippen LogP) is 3.93. The molecule has 0 bridgehead atoms. The molecule has 1 N–H and O–H groups in total. The van der Waals surface area contributed by atoms with Crippen LogP contribution in [0.15, 0.2) is 60.0 Å². The van der Waals surface area contributed by atoms with E-state index in [0.29, 0.717) is 25.9 Å². The van der Waals surface area contributed by atoms with Crippen molar-refractivity contribution in [2.75, 3.05) is 31.5 Å². The molecule has 0 saturated carbocycles. The standard InChI is InChI=1S/C25H31N3O3S/c29-25(26-24-11-5-4-10-23(24)20-27-15-6-7-16-27)22-12-17-28(18-13-22)32(30,31)19-14-21-8-2-1-3-9-21/h1-5,8-11,14,19,22H,6-7,12-13,15-18,20H2,(H,26,29)/b19-14+. The van der Waals surface area contributed by atoms with Crippen LogP contribution in [0.1, 0.15) is 36.8 Å². The number of amides is 1. The third kappa shape index (κ3) is 5.85. The van der Waals surface area contributed by atoms with Gasteiger partial charge in [-0.2, -0.15) is 4.31 Å². The van der Waals surface area contributed by atoms with Crippen molar-refractivity contribution in [1.82, 2.24) is 9.21 Å². The number of hydrogen-bond donors (Lipinski definition) is 1. The Balaban J connectivity index is 1.32. The summed E-state index contributed by atoms with van der Waals surface area (Å²) in [5.74, 6) is -0.199. The summed E-state index contributed by atoms with van der Waals surface area (Å²) in [7, 11) is -3.49. The molecule has 0 spiro atoms. The molecule has 2 aliphatic heterocycles. The molecule has 0 aromatic heterocycles. The summed E-state index contributed by atoms with van der Waals surface area (Å²) in [5.41, 5.74) is 2.84. The fraction of sp³-hybridized carbons (Fsp3) is 0.400. The molecule has 1 amide bonds. The highest BCUT2D eigenvalue weighted by Gasteiger charge is 2.30. The number of anilines is 1. The second kappa shape index (κ2) is 10.4. The summed E-state index contributed by atoms with van der Waals surface area (Å²) in [5, 5.41) is 4.37. The largest absolute Gasteiger partial charge is 0.326 e. The highest BCUT2D eigenvalue weighted by Crippen LogP contribution is 2.25. The first kappa shape index (κ1) is 22.7. The van der Waals surface area contributed by atoms with Crippen LogP contribution in [0, 0.1) is 5.92 Å². The van der Waals surface area contributed by atoms with E-state index < -0.39 is 10.0 Å². The zero-order chi connectivity index (χ0) is 22.4. The van der Waals surface area contributed by atoms with Crippen LogP contribution in [0.4, 0.5) is 5.69 Å². The summed E-state index contributed by atoms with van der Waals surface area (Å²) in [6.07, 6.45) is 5.13. The number of piperidine rings is 1. The first-order valence-electron chi connectivity index (χ1n) is 11.4. The molecule has 7 heteroatoms. The third-order valence-corrected chi connectivity index (χ3v) is 7.85. The Labute approximate surface area is 191 Å². The minimum atomic E-state index is -3.49. The topological polar surface area (TPSA) is 69.7 Å². The smallest absolute Gasteiger partial charge is 0.236 e. The Morgan fingerprint density at radius 2 is 1.59 bits per heavy atom. The maximum absolute atomic E-state index is 12.9. The van der Waals surface area contributed by atoms with Crippen LogP contribution in [-0.2, 0) is 21.4 Å². The molecular weight excluding hydrogens is 422 g/mol. The van der Waals surface area contributed by atoms with E-state index in [1.54, 1.807) is 6.08 Å². The van der Waals surface area contributed by atoms with E-state index in [9.17, 15) is 13.2 Å². The summed E-state index contributed by atoms with van der Waals surface area (Å²) < 4.78 is 26.8. The number of carbonyl (C=O) groups is 1. The van der Waals surface area contributed by atoms with Crippen LogP contribution in [0.25, 0.3) is 6.08 Å². The predicted molar refractivity (Wildman–Crippen MR) is 128 cm³/mol. The lowest BCUT2D eigenvalue weighted by Crippen LogP contribution is -2.40. The second-order valence-corrected chi connectivity index (χ2v) is 10.4. The molecular formula is C25H31N3O3S. The molecule has 0 radical (unpaired) electrons. The van der Waals surface area contributed by atoms with Crippen LogP contribution in [0.3, 0.4) is 0 Å². The van der Waals surface area contributed by atoms with Gasteiger partial charge < -0.3 is 5.32 Å². The van der Waals surface area contributed by atoms with Crippen molar-refractivity contribution in [1.29, 1.82) is 0 Å².